The molecule has 29 heavy (non-hydrogen) atoms. The summed E-state index contributed by atoms with van der Waals surface area (Å²) in [6, 6.07) is 0. The Morgan fingerprint density at radius 3 is 2.45 bits per heavy atom. The Morgan fingerprint density at radius 2 is 1.72 bits per heavy atom. The lowest BCUT2D eigenvalue weighted by Gasteiger charge is -2.59. The zero-order valence-electron chi connectivity index (χ0n) is 19.7. The van der Waals surface area contributed by atoms with Crippen molar-refractivity contribution in [3.8, 4) is 0 Å². The summed E-state index contributed by atoms with van der Waals surface area (Å²) in [6.45, 7) is 12.3. The summed E-state index contributed by atoms with van der Waals surface area (Å²) >= 11 is 0. The molecule has 4 aliphatic rings. The lowest BCUT2D eigenvalue weighted by Crippen LogP contribution is -2.53. The zero-order valence-corrected chi connectivity index (χ0v) is 19.7. The van der Waals surface area contributed by atoms with Crippen LogP contribution >= 0.6 is 0 Å². The maximum absolute atomic E-state index is 10.7. The van der Waals surface area contributed by atoms with Crippen LogP contribution in [0.4, 0.5) is 0 Å². The average Bonchev–Trinajstić information content (AvgIpc) is 3.02. The van der Waals surface area contributed by atoms with E-state index in [0.717, 1.165) is 48.9 Å². The van der Waals surface area contributed by atoms with Gasteiger partial charge >= 0.3 is 0 Å². The fraction of sp³-hybridized carbons (Fsp3) is 0.926. The molecule has 2 nitrogen and oxygen atoms in total. The van der Waals surface area contributed by atoms with Crippen LogP contribution in [-0.4, -0.2) is 22.4 Å². The SMILES string of the molecule is CC(C)CCC[C@H](C)[C@H]1CC[C@H]2[C@@H]3CC=C4[C@@H](O)[C@H](O)CC[C@]4(C)[C@H]3CC[C@]12C. The fourth-order valence-corrected chi connectivity index (χ4v) is 8.74. The topological polar surface area (TPSA) is 40.5 Å². The van der Waals surface area contributed by atoms with Crippen LogP contribution < -0.4 is 0 Å². The van der Waals surface area contributed by atoms with E-state index in [9.17, 15) is 10.2 Å². The van der Waals surface area contributed by atoms with E-state index in [4.69, 9.17) is 0 Å². The van der Waals surface area contributed by atoms with Gasteiger partial charge in [-0.2, -0.15) is 0 Å². The minimum absolute atomic E-state index is 0.115. The lowest BCUT2D eigenvalue weighted by atomic mass is 9.46. The Bertz CT molecular complexity index is 624. The molecule has 0 amide bonds. The van der Waals surface area contributed by atoms with Gasteiger partial charge in [0.15, 0.2) is 0 Å². The number of fused-ring (bicyclic) bond motifs is 5. The van der Waals surface area contributed by atoms with Crippen molar-refractivity contribution in [1.29, 1.82) is 0 Å². The van der Waals surface area contributed by atoms with Gasteiger partial charge in [0.25, 0.3) is 0 Å². The third-order valence-corrected chi connectivity index (χ3v) is 10.4. The summed E-state index contributed by atoms with van der Waals surface area (Å²) in [5.74, 6) is 4.95. The number of hydrogen-bond donors (Lipinski definition) is 2. The van der Waals surface area contributed by atoms with Crippen molar-refractivity contribution < 1.29 is 10.2 Å². The summed E-state index contributed by atoms with van der Waals surface area (Å²) in [5.41, 5.74) is 1.81. The highest BCUT2D eigenvalue weighted by Gasteiger charge is 2.60. The van der Waals surface area contributed by atoms with Gasteiger partial charge in [-0.05, 0) is 96.9 Å². The largest absolute Gasteiger partial charge is 0.390 e. The first-order valence-electron chi connectivity index (χ1n) is 12.7. The van der Waals surface area contributed by atoms with Gasteiger partial charge in [-0.3, -0.25) is 0 Å². The molecule has 0 aromatic heterocycles. The quantitative estimate of drug-likeness (QED) is 0.525. The molecule has 0 aliphatic heterocycles. The number of hydrogen-bond acceptors (Lipinski definition) is 2. The third kappa shape index (κ3) is 3.55. The van der Waals surface area contributed by atoms with Gasteiger partial charge in [-0.1, -0.05) is 60.0 Å². The van der Waals surface area contributed by atoms with Crippen molar-refractivity contribution >= 4 is 0 Å². The van der Waals surface area contributed by atoms with Crippen molar-refractivity contribution in [1.82, 2.24) is 0 Å². The summed E-state index contributed by atoms with van der Waals surface area (Å²) in [5, 5.41) is 20.9. The van der Waals surface area contributed by atoms with Crippen LogP contribution in [0.5, 0.6) is 0 Å². The Balaban J connectivity index is 1.51. The molecule has 2 N–H and O–H groups in total. The molecule has 0 heterocycles. The minimum atomic E-state index is -0.625. The summed E-state index contributed by atoms with van der Waals surface area (Å²) in [4.78, 5) is 0. The highest BCUT2D eigenvalue weighted by atomic mass is 16.3. The molecule has 166 valence electrons. The predicted molar refractivity (Wildman–Crippen MR) is 120 cm³/mol. The molecule has 3 fully saturated rings. The fourth-order valence-electron chi connectivity index (χ4n) is 8.74. The standard InChI is InChI=1S/C27H46O2/c1-17(2)7-6-8-18(3)20-11-12-21-19-9-10-23-25(29)24(28)14-16-27(23,5)22(19)13-15-26(20,21)4/h10,17-22,24-25,28-29H,6-9,11-16H2,1-5H3/t18-,19-,20+,21-,22-,24+,25+,26+,27+/m0/s1. The Kier molecular flexibility index (Phi) is 6.01. The van der Waals surface area contributed by atoms with E-state index in [1.165, 1.54) is 50.5 Å². The molecule has 0 radical (unpaired) electrons. The molecule has 4 rings (SSSR count). The minimum Gasteiger partial charge on any atom is -0.390 e. The highest BCUT2D eigenvalue weighted by molar-refractivity contribution is 5.29. The van der Waals surface area contributed by atoms with E-state index in [2.05, 4.69) is 40.7 Å². The van der Waals surface area contributed by atoms with Gasteiger partial charge in [0, 0.05) is 0 Å². The van der Waals surface area contributed by atoms with Crippen molar-refractivity contribution in [3.05, 3.63) is 11.6 Å². The second kappa shape index (κ2) is 7.97. The van der Waals surface area contributed by atoms with E-state index >= 15 is 0 Å². The molecular weight excluding hydrogens is 356 g/mol. The average molecular weight is 403 g/mol. The van der Waals surface area contributed by atoms with Crippen LogP contribution in [0.15, 0.2) is 11.6 Å². The van der Waals surface area contributed by atoms with E-state index in [0.29, 0.717) is 11.3 Å². The van der Waals surface area contributed by atoms with Gasteiger partial charge in [0.2, 0.25) is 0 Å². The van der Waals surface area contributed by atoms with E-state index in [1.54, 1.807) is 0 Å². The van der Waals surface area contributed by atoms with Crippen LogP contribution in [0.3, 0.4) is 0 Å². The first-order chi connectivity index (χ1) is 13.7. The molecule has 2 heteroatoms. The van der Waals surface area contributed by atoms with Crippen molar-refractivity contribution in [2.75, 3.05) is 0 Å². The second-order valence-electron chi connectivity index (χ2n) is 12.3. The monoisotopic (exact) mass is 402 g/mol. The van der Waals surface area contributed by atoms with Gasteiger partial charge in [0.05, 0.1) is 6.10 Å². The number of aliphatic hydroxyl groups excluding tert-OH is 2. The van der Waals surface area contributed by atoms with Crippen LogP contribution in [0.25, 0.3) is 0 Å². The number of allylic oxidation sites excluding steroid dienone is 1. The Labute approximate surface area is 179 Å². The molecule has 0 aromatic carbocycles. The molecule has 0 aromatic rings. The van der Waals surface area contributed by atoms with E-state index < -0.39 is 12.2 Å². The van der Waals surface area contributed by atoms with E-state index in [1.807, 2.05) is 0 Å². The van der Waals surface area contributed by atoms with Crippen LogP contribution in [0.1, 0.15) is 98.8 Å². The predicted octanol–water partition coefficient (Wildman–Crippen LogP) is 6.36. The van der Waals surface area contributed by atoms with Gasteiger partial charge in [-0.15, -0.1) is 0 Å². The van der Waals surface area contributed by atoms with Crippen molar-refractivity contribution in [2.24, 2.45) is 46.3 Å². The smallest absolute Gasteiger partial charge is 0.101 e. The normalized spacial score (nSPS) is 47.9. The Hall–Kier alpha value is -0.340. The van der Waals surface area contributed by atoms with Gasteiger partial charge in [-0.25, -0.2) is 0 Å². The van der Waals surface area contributed by atoms with Crippen LogP contribution in [-0.2, 0) is 0 Å². The maximum Gasteiger partial charge on any atom is 0.101 e. The molecule has 0 spiro atoms. The molecule has 0 bridgehead atoms. The van der Waals surface area contributed by atoms with Crippen molar-refractivity contribution in [3.63, 3.8) is 0 Å². The summed E-state index contributed by atoms with van der Waals surface area (Å²) < 4.78 is 0. The molecule has 4 aliphatic carbocycles. The van der Waals surface area contributed by atoms with E-state index in [-0.39, 0.29) is 5.41 Å². The number of aliphatic hydroxyl groups is 2. The van der Waals surface area contributed by atoms with Crippen LogP contribution in [0, 0.1) is 46.3 Å². The van der Waals surface area contributed by atoms with Crippen LogP contribution in [0.2, 0.25) is 0 Å². The highest BCUT2D eigenvalue weighted by Crippen LogP contribution is 2.67. The second-order valence-corrected chi connectivity index (χ2v) is 12.3. The molecule has 3 saturated carbocycles. The van der Waals surface area contributed by atoms with Gasteiger partial charge < -0.3 is 10.2 Å². The maximum atomic E-state index is 10.7. The molecule has 0 unspecified atom stereocenters. The third-order valence-electron chi connectivity index (χ3n) is 10.4. The van der Waals surface area contributed by atoms with Crippen molar-refractivity contribution in [2.45, 2.75) is 111 Å². The number of rotatable bonds is 5. The first kappa shape index (κ1) is 21.9. The molecular formula is C27H46O2. The molecule has 9 atom stereocenters. The summed E-state index contributed by atoms with van der Waals surface area (Å²) in [6.07, 6.45) is 13.9. The Morgan fingerprint density at radius 1 is 0.966 bits per heavy atom. The summed E-state index contributed by atoms with van der Waals surface area (Å²) in [7, 11) is 0. The van der Waals surface area contributed by atoms with Gasteiger partial charge in [0.1, 0.15) is 6.10 Å². The zero-order chi connectivity index (χ0) is 21.0. The lowest BCUT2D eigenvalue weighted by molar-refractivity contribution is -0.0801. The molecule has 0 saturated heterocycles. The first-order valence-corrected chi connectivity index (χ1v) is 12.7.